The van der Waals surface area contributed by atoms with E-state index in [0.717, 1.165) is 19.3 Å². The molecule has 0 aromatic heterocycles. The van der Waals surface area contributed by atoms with E-state index in [1.54, 1.807) is 6.07 Å². The van der Waals surface area contributed by atoms with E-state index in [4.69, 9.17) is 16.9 Å². The van der Waals surface area contributed by atoms with E-state index in [-0.39, 0.29) is 16.8 Å². The number of hydrogen-bond donors (Lipinski definition) is 2. The lowest BCUT2D eigenvalue weighted by molar-refractivity contribution is -0.134. The Morgan fingerprint density at radius 1 is 1.17 bits per heavy atom. The maximum Gasteiger partial charge on any atom is 0.269 e. The zero-order valence-electron chi connectivity index (χ0n) is 15.7. The van der Waals surface area contributed by atoms with Crippen LogP contribution in [0.2, 0.25) is 5.02 Å². The molecule has 1 atom stereocenters. The van der Waals surface area contributed by atoms with Crippen molar-refractivity contribution in [2.45, 2.75) is 37.7 Å². The van der Waals surface area contributed by atoms with Crippen molar-refractivity contribution >= 4 is 23.2 Å². The van der Waals surface area contributed by atoms with E-state index in [1.165, 1.54) is 36.4 Å². The van der Waals surface area contributed by atoms with Gasteiger partial charge in [-0.15, -0.1) is 0 Å². The smallest absolute Gasteiger partial charge is 0.269 e. The van der Waals surface area contributed by atoms with Gasteiger partial charge in [0, 0.05) is 17.2 Å². The summed E-state index contributed by atoms with van der Waals surface area (Å²) in [5.74, 6) is 4.23. The third-order valence-corrected chi connectivity index (χ3v) is 5.44. The molecule has 1 saturated carbocycles. The second-order valence-electron chi connectivity index (χ2n) is 7.12. The first-order valence-electron chi connectivity index (χ1n) is 9.44. The SMILES string of the molecule is N#Cc1ccc(NC(=O)C(O)(C#Cc2ccc(F)cc2)C2CCCCC2)cc1Cl. The number of halogens is 2. The van der Waals surface area contributed by atoms with Gasteiger partial charge in [-0.25, -0.2) is 4.39 Å². The van der Waals surface area contributed by atoms with Crippen molar-refractivity contribution in [2.75, 3.05) is 5.32 Å². The first kappa shape index (κ1) is 20.9. The van der Waals surface area contributed by atoms with Gasteiger partial charge in [0.1, 0.15) is 11.9 Å². The molecule has 3 rings (SSSR count). The fourth-order valence-electron chi connectivity index (χ4n) is 3.48. The summed E-state index contributed by atoms with van der Waals surface area (Å²) in [6, 6.07) is 12.0. The molecule has 29 heavy (non-hydrogen) atoms. The van der Waals surface area contributed by atoms with Crippen molar-refractivity contribution in [3.8, 4) is 17.9 Å². The maximum atomic E-state index is 13.1. The van der Waals surface area contributed by atoms with Gasteiger partial charge in [0.15, 0.2) is 0 Å². The highest BCUT2D eigenvalue weighted by Crippen LogP contribution is 2.34. The second-order valence-corrected chi connectivity index (χ2v) is 7.53. The van der Waals surface area contributed by atoms with Crippen LogP contribution in [0, 0.1) is 34.9 Å². The van der Waals surface area contributed by atoms with Crippen molar-refractivity contribution in [1.29, 1.82) is 5.26 Å². The van der Waals surface area contributed by atoms with E-state index >= 15 is 0 Å². The number of amides is 1. The fourth-order valence-corrected chi connectivity index (χ4v) is 3.70. The topological polar surface area (TPSA) is 73.1 Å². The van der Waals surface area contributed by atoms with Crippen LogP contribution >= 0.6 is 11.6 Å². The van der Waals surface area contributed by atoms with Crippen molar-refractivity contribution in [1.82, 2.24) is 0 Å². The van der Waals surface area contributed by atoms with Gasteiger partial charge in [0.25, 0.3) is 5.91 Å². The Bertz CT molecular complexity index is 998. The van der Waals surface area contributed by atoms with Crippen LogP contribution in [-0.4, -0.2) is 16.6 Å². The maximum absolute atomic E-state index is 13.1. The van der Waals surface area contributed by atoms with Crippen molar-refractivity contribution in [3.05, 3.63) is 64.4 Å². The standard InChI is InChI=1S/C23H20ClFN2O2/c24-21-14-20(11-8-17(21)15-26)27-22(28)23(29,18-4-2-1-3-5-18)13-12-16-6-9-19(25)10-7-16/h6-11,14,18,29H,1-5H2,(H,27,28). The summed E-state index contributed by atoms with van der Waals surface area (Å²) < 4.78 is 13.1. The Balaban J connectivity index is 1.90. The number of hydrogen-bond acceptors (Lipinski definition) is 3. The molecule has 0 radical (unpaired) electrons. The van der Waals surface area contributed by atoms with Gasteiger partial charge in [-0.1, -0.05) is 42.7 Å². The molecule has 0 saturated heterocycles. The molecule has 148 valence electrons. The summed E-state index contributed by atoms with van der Waals surface area (Å²) in [5, 5.41) is 23.2. The summed E-state index contributed by atoms with van der Waals surface area (Å²) >= 11 is 6.03. The largest absolute Gasteiger partial charge is 0.369 e. The lowest BCUT2D eigenvalue weighted by Gasteiger charge is -2.33. The molecule has 2 aromatic carbocycles. The molecule has 2 aromatic rings. The molecule has 6 heteroatoms. The van der Waals surface area contributed by atoms with Crippen LogP contribution in [0.1, 0.15) is 43.2 Å². The van der Waals surface area contributed by atoms with Crippen molar-refractivity contribution < 1.29 is 14.3 Å². The summed E-state index contributed by atoms with van der Waals surface area (Å²) in [7, 11) is 0. The first-order valence-corrected chi connectivity index (χ1v) is 9.82. The average molecular weight is 411 g/mol. The summed E-state index contributed by atoms with van der Waals surface area (Å²) in [4.78, 5) is 13.0. The zero-order chi connectivity index (χ0) is 20.9. The number of nitrogens with zero attached hydrogens (tertiary/aromatic N) is 1. The first-order chi connectivity index (χ1) is 13.9. The minimum Gasteiger partial charge on any atom is -0.369 e. The Morgan fingerprint density at radius 3 is 2.48 bits per heavy atom. The number of rotatable bonds is 3. The van der Waals surface area contributed by atoms with Crippen LogP contribution < -0.4 is 5.32 Å². The van der Waals surface area contributed by atoms with Crippen molar-refractivity contribution in [2.24, 2.45) is 5.92 Å². The van der Waals surface area contributed by atoms with Gasteiger partial charge in [-0.05, 0) is 55.3 Å². The predicted molar refractivity (Wildman–Crippen MR) is 110 cm³/mol. The molecule has 0 aliphatic heterocycles. The molecule has 0 spiro atoms. The Hall–Kier alpha value is -2.86. The molecular formula is C23H20ClFN2O2. The van der Waals surface area contributed by atoms with Gasteiger partial charge in [0.05, 0.1) is 10.6 Å². The zero-order valence-corrected chi connectivity index (χ0v) is 16.5. The monoisotopic (exact) mass is 410 g/mol. The van der Waals surface area contributed by atoms with E-state index in [0.29, 0.717) is 29.7 Å². The van der Waals surface area contributed by atoms with Crippen LogP contribution in [0.3, 0.4) is 0 Å². The minimum atomic E-state index is -1.89. The molecule has 0 bridgehead atoms. The molecule has 1 amide bonds. The minimum absolute atomic E-state index is 0.212. The fraction of sp³-hybridized carbons (Fsp3) is 0.304. The molecule has 1 fully saturated rings. The van der Waals surface area contributed by atoms with Gasteiger partial charge < -0.3 is 10.4 Å². The van der Waals surface area contributed by atoms with Crippen LogP contribution in [0.5, 0.6) is 0 Å². The number of benzene rings is 2. The normalized spacial score (nSPS) is 16.1. The molecule has 0 heterocycles. The number of nitriles is 1. The van der Waals surface area contributed by atoms with Gasteiger partial charge in [-0.2, -0.15) is 5.26 Å². The number of carbonyl (C=O) groups is 1. The molecule has 1 aliphatic carbocycles. The molecule has 4 nitrogen and oxygen atoms in total. The third-order valence-electron chi connectivity index (χ3n) is 5.13. The lowest BCUT2D eigenvalue weighted by Crippen LogP contribution is -2.48. The Labute approximate surface area is 174 Å². The number of aliphatic hydroxyl groups is 1. The molecule has 1 aliphatic rings. The second kappa shape index (κ2) is 9.09. The highest BCUT2D eigenvalue weighted by molar-refractivity contribution is 6.32. The van der Waals surface area contributed by atoms with Crippen LogP contribution in [-0.2, 0) is 4.79 Å². The highest BCUT2D eigenvalue weighted by atomic mass is 35.5. The van der Waals surface area contributed by atoms with E-state index in [2.05, 4.69) is 17.2 Å². The molecular weight excluding hydrogens is 391 g/mol. The summed E-state index contributed by atoms with van der Waals surface area (Å²) in [6.45, 7) is 0. The predicted octanol–water partition coefficient (Wildman–Crippen LogP) is 4.65. The summed E-state index contributed by atoms with van der Waals surface area (Å²) in [6.07, 6.45) is 4.28. The quantitative estimate of drug-likeness (QED) is 0.723. The van der Waals surface area contributed by atoms with Gasteiger partial charge in [-0.3, -0.25) is 4.79 Å². The number of anilines is 1. The average Bonchev–Trinajstić information content (AvgIpc) is 2.74. The van der Waals surface area contributed by atoms with Crippen molar-refractivity contribution in [3.63, 3.8) is 0 Å². The van der Waals surface area contributed by atoms with E-state index in [9.17, 15) is 14.3 Å². The van der Waals surface area contributed by atoms with Gasteiger partial charge >= 0.3 is 0 Å². The number of carbonyl (C=O) groups excluding carboxylic acids is 1. The van der Waals surface area contributed by atoms with Crippen LogP contribution in [0.15, 0.2) is 42.5 Å². The van der Waals surface area contributed by atoms with Gasteiger partial charge in [0.2, 0.25) is 5.60 Å². The highest BCUT2D eigenvalue weighted by Gasteiger charge is 2.43. The number of nitrogens with one attached hydrogen (secondary N) is 1. The Kier molecular flexibility index (Phi) is 6.54. The third kappa shape index (κ3) is 4.95. The lowest BCUT2D eigenvalue weighted by atomic mass is 9.76. The molecule has 1 unspecified atom stereocenters. The Morgan fingerprint density at radius 2 is 1.86 bits per heavy atom. The summed E-state index contributed by atoms with van der Waals surface area (Å²) in [5.41, 5.74) is -0.718. The van der Waals surface area contributed by atoms with Crippen LogP contribution in [0.4, 0.5) is 10.1 Å². The van der Waals surface area contributed by atoms with Crippen LogP contribution in [0.25, 0.3) is 0 Å². The van der Waals surface area contributed by atoms with E-state index in [1.807, 2.05) is 6.07 Å². The molecule has 2 N–H and O–H groups in total. The van der Waals surface area contributed by atoms with E-state index < -0.39 is 11.5 Å².